The predicted molar refractivity (Wildman–Crippen MR) is 76.2 cm³/mol. The van der Waals surface area contributed by atoms with Crippen molar-refractivity contribution in [2.45, 2.75) is 31.8 Å². The van der Waals surface area contributed by atoms with Crippen LogP contribution in [0.1, 0.15) is 25.0 Å². The smallest absolute Gasteiger partial charge is 0.202 e. The van der Waals surface area contributed by atoms with Crippen molar-refractivity contribution < 1.29 is 8.94 Å². The maximum Gasteiger partial charge on any atom is 0.202 e. The first-order valence-corrected chi connectivity index (χ1v) is 7.25. The van der Waals surface area contributed by atoms with Gasteiger partial charge < -0.3 is 14.3 Å². The van der Waals surface area contributed by atoms with Crippen LogP contribution in [0.15, 0.2) is 33.4 Å². The van der Waals surface area contributed by atoms with Gasteiger partial charge in [-0.2, -0.15) is 0 Å². The Hall–Kier alpha value is -1.59. The topological polar surface area (TPSA) is 54.4 Å². The molecule has 20 heavy (non-hydrogen) atoms. The summed E-state index contributed by atoms with van der Waals surface area (Å²) in [5.41, 5.74) is 0.972. The molecule has 0 saturated carbocycles. The van der Waals surface area contributed by atoms with Gasteiger partial charge in [0.15, 0.2) is 5.76 Å². The monoisotopic (exact) mass is 275 g/mol. The third-order valence-corrected chi connectivity index (χ3v) is 3.88. The molecule has 0 radical (unpaired) electrons. The largest absolute Gasteiger partial charge is 0.461 e. The van der Waals surface area contributed by atoms with E-state index in [-0.39, 0.29) is 0 Å². The van der Waals surface area contributed by atoms with E-state index in [1.807, 2.05) is 25.2 Å². The number of hydrogen-bond donors (Lipinski definition) is 1. The van der Waals surface area contributed by atoms with Crippen LogP contribution in [-0.4, -0.2) is 36.2 Å². The highest BCUT2D eigenvalue weighted by Gasteiger charge is 2.23. The van der Waals surface area contributed by atoms with Crippen molar-refractivity contribution in [3.05, 3.63) is 30.2 Å². The molecule has 5 nitrogen and oxygen atoms in total. The lowest BCUT2D eigenvalue weighted by molar-refractivity contribution is 0.136. The standard InChI is InChI=1S/C15H21N3O2/c1-16-10-13-5-2-3-7-18(13)11-12-9-15(20-17-12)14-6-4-8-19-14/h4,6,8-9,13,16H,2-3,5,7,10-11H2,1H3. The van der Waals surface area contributed by atoms with E-state index in [2.05, 4.69) is 15.4 Å². The Morgan fingerprint density at radius 3 is 3.15 bits per heavy atom. The minimum Gasteiger partial charge on any atom is -0.461 e. The summed E-state index contributed by atoms with van der Waals surface area (Å²) in [6.45, 7) is 3.01. The van der Waals surface area contributed by atoms with Crippen LogP contribution in [0.5, 0.6) is 0 Å². The summed E-state index contributed by atoms with van der Waals surface area (Å²) in [5.74, 6) is 1.43. The van der Waals surface area contributed by atoms with Crippen molar-refractivity contribution >= 4 is 0 Å². The number of piperidine rings is 1. The molecule has 0 amide bonds. The SMILES string of the molecule is CNCC1CCCCN1Cc1cc(-c2ccco2)on1. The molecule has 3 rings (SSSR count). The molecule has 5 heteroatoms. The van der Waals surface area contributed by atoms with E-state index < -0.39 is 0 Å². The minimum atomic E-state index is 0.595. The third kappa shape index (κ3) is 2.94. The second kappa shape index (κ2) is 6.24. The average molecular weight is 275 g/mol. The van der Waals surface area contributed by atoms with Gasteiger partial charge in [0.2, 0.25) is 5.76 Å². The molecule has 0 bridgehead atoms. The fourth-order valence-corrected chi connectivity index (χ4v) is 2.86. The summed E-state index contributed by atoms with van der Waals surface area (Å²) < 4.78 is 10.7. The van der Waals surface area contributed by atoms with E-state index >= 15 is 0 Å². The van der Waals surface area contributed by atoms with Gasteiger partial charge in [0.05, 0.1) is 12.0 Å². The molecule has 2 aromatic rings. The van der Waals surface area contributed by atoms with E-state index in [0.29, 0.717) is 11.8 Å². The number of rotatable bonds is 5. The number of furan rings is 1. The first kappa shape index (κ1) is 13.4. The molecule has 1 unspecified atom stereocenters. The normalized spacial score (nSPS) is 20.4. The Morgan fingerprint density at radius 1 is 1.40 bits per heavy atom. The Bertz CT molecular complexity index is 519. The molecule has 1 fully saturated rings. The lowest BCUT2D eigenvalue weighted by Crippen LogP contribution is -2.44. The second-order valence-electron chi connectivity index (χ2n) is 5.34. The average Bonchev–Trinajstić information content (AvgIpc) is 3.12. The van der Waals surface area contributed by atoms with Crippen molar-refractivity contribution in [3.63, 3.8) is 0 Å². The number of nitrogens with zero attached hydrogens (tertiary/aromatic N) is 2. The quantitative estimate of drug-likeness (QED) is 0.908. The zero-order valence-electron chi connectivity index (χ0n) is 11.8. The van der Waals surface area contributed by atoms with Crippen LogP contribution < -0.4 is 5.32 Å². The van der Waals surface area contributed by atoms with Crippen LogP contribution in [0.2, 0.25) is 0 Å². The van der Waals surface area contributed by atoms with Crippen molar-refractivity contribution in [1.29, 1.82) is 0 Å². The first-order valence-electron chi connectivity index (χ1n) is 7.25. The molecule has 1 atom stereocenters. The lowest BCUT2D eigenvalue weighted by atomic mass is 10.0. The van der Waals surface area contributed by atoms with E-state index in [4.69, 9.17) is 8.94 Å². The highest BCUT2D eigenvalue weighted by molar-refractivity contribution is 5.49. The Kier molecular flexibility index (Phi) is 4.18. The van der Waals surface area contributed by atoms with Crippen LogP contribution in [-0.2, 0) is 6.54 Å². The fourth-order valence-electron chi connectivity index (χ4n) is 2.86. The third-order valence-electron chi connectivity index (χ3n) is 3.88. The van der Waals surface area contributed by atoms with Crippen LogP contribution in [0.3, 0.4) is 0 Å². The van der Waals surface area contributed by atoms with Gasteiger partial charge in [-0.05, 0) is 38.6 Å². The summed E-state index contributed by atoms with van der Waals surface area (Å²) in [7, 11) is 2.01. The van der Waals surface area contributed by atoms with Gasteiger partial charge in [0.25, 0.3) is 0 Å². The first-order chi connectivity index (χ1) is 9.86. The summed E-state index contributed by atoms with van der Waals surface area (Å²) in [6.07, 6.45) is 5.48. The maximum absolute atomic E-state index is 5.36. The van der Waals surface area contributed by atoms with Crippen molar-refractivity contribution in [1.82, 2.24) is 15.4 Å². The molecule has 2 aromatic heterocycles. The highest BCUT2D eigenvalue weighted by Crippen LogP contribution is 2.23. The number of aromatic nitrogens is 1. The van der Waals surface area contributed by atoms with Crippen molar-refractivity contribution in [2.75, 3.05) is 20.1 Å². The summed E-state index contributed by atoms with van der Waals surface area (Å²) >= 11 is 0. The Labute approximate surface area is 118 Å². The van der Waals surface area contributed by atoms with Gasteiger partial charge in [-0.15, -0.1) is 0 Å². The zero-order chi connectivity index (χ0) is 13.8. The molecule has 1 aliphatic heterocycles. The van der Waals surface area contributed by atoms with Gasteiger partial charge in [0, 0.05) is 25.2 Å². The number of nitrogens with one attached hydrogen (secondary N) is 1. The van der Waals surface area contributed by atoms with Gasteiger partial charge in [0.1, 0.15) is 0 Å². The molecular weight excluding hydrogens is 254 g/mol. The molecule has 0 spiro atoms. The molecule has 1 N–H and O–H groups in total. The number of hydrogen-bond acceptors (Lipinski definition) is 5. The van der Waals surface area contributed by atoms with Crippen LogP contribution >= 0.6 is 0 Å². The molecule has 3 heterocycles. The van der Waals surface area contributed by atoms with Crippen LogP contribution in [0.4, 0.5) is 0 Å². The number of likely N-dealkylation sites (tertiary alicyclic amines) is 1. The highest BCUT2D eigenvalue weighted by atomic mass is 16.5. The molecule has 1 saturated heterocycles. The van der Waals surface area contributed by atoms with E-state index in [0.717, 1.165) is 31.1 Å². The van der Waals surface area contributed by atoms with Crippen LogP contribution in [0.25, 0.3) is 11.5 Å². The van der Waals surface area contributed by atoms with E-state index in [9.17, 15) is 0 Å². The summed E-state index contributed by atoms with van der Waals surface area (Å²) in [6, 6.07) is 6.31. The molecule has 0 aliphatic carbocycles. The van der Waals surface area contributed by atoms with Gasteiger partial charge in [-0.25, -0.2) is 0 Å². The van der Waals surface area contributed by atoms with Gasteiger partial charge in [-0.3, -0.25) is 4.90 Å². The molecule has 108 valence electrons. The molecule has 0 aromatic carbocycles. The van der Waals surface area contributed by atoms with Crippen LogP contribution in [0, 0.1) is 0 Å². The Balaban J connectivity index is 1.67. The second-order valence-corrected chi connectivity index (χ2v) is 5.34. The fraction of sp³-hybridized carbons (Fsp3) is 0.533. The molecule has 1 aliphatic rings. The Morgan fingerprint density at radius 2 is 2.35 bits per heavy atom. The summed E-state index contributed by atoms with van der Waals surface area (Å²) in [4.78, 5) is 2.49. The predicted octanol–water partition coefficient (Wildman–Crippen LogP) is 2.51. The van der Waals surface area contributed by atoms with Crippen molar-refractivity contribution in [2.24, 2.45) is 0 Å². The summed E-state index contributed by atoms with van der Waals surface area (Å²) in [5, 5.41) is 7.44. The lowest BCUT2D eigenvalue weighted by Gasteiger charge is -2.35. The molecular formula is C15H21N3O2. The van der Waals surface area contributed by atoms with Gasteiger partial charge in [-0.1, -0.05) is 11.6 Å². The number of likely N-dealkylation sites (N-methyl/N-ethyl adjacent to an activating group) is 1. The van der Waals surface area contributed by atoms with E-state index in [1.54, 1.807) is 6.26 Å². The van der Waals surface area contributed by atoms with Crippen molar-refractivity contribution in [3.8, 4) is 11.5 Å². The van der Waals surface area contributed by atoms with E-state index in [1.165, 1.54) is 19.3 Å². The maximum atomic E-state index is 5.36. The van der Waals surface area contributed by atoms with Gasteiger partial charge >= 0.3 is 0 Å². The minimum absolute atomic E-state index is 0.595. The zero-order valence-corrected chi connectivity index (χ0v) is 11.8.